The van der Waals surface area contributed by atoms with Crippen molar-refractivity contribution in [1.29, 1.82) is 0 Å². The lowest BCUT2D eigenvalue weighted by atomic mass is 10.2. The number of nitro benzene ring substituents is 1. The van der Waals surface area contributed by atoms with Crippen LogP contribution in [0.15, 0.2) is 58.7 Å². The van der Waals surface area contributed by atoms with Gasteiger partial charge in [0, 0.05) is 24.7 Å². The average molecular weight is 312 g/mol. The second-order valence-corrected chi connectivity index (χ2v) is 5.62. The van der Waals surface area contributed by atoms with Gasteiger partial charge < -0.3 is 4.57 Å². The van der Waals surface area contributed by atoms with Gasteiger partial charge in [-0.1, -0.05) is 35.6 Å². The number of nitrogens with zero attached hydrogens (tertiary/aromatic N) is 4. The smallest absolute Gasteiger partial charge is 0.270 e. The molecule has 1 aromatic heterocycles. The van der Waals surface area contributed by atoms with E-state index < -0.39 is 4.92 Å². The van der Waals surface area contributed by atoms with Gasteiger partial charge in [-0.2, -0.15) is 5.10 Å². The first-order chi connectivity index (χ1) is 10.6. The quantitative estimate of drug-likeness (QED) is 0.423. The molecule has 0 spiro atoms. The molecule has 3 aromatic rings. The molecule has 0 aliphatic carbocycles. The summed E-state index contributed by atoms with van der Waals surface area (Å²) in [4.78, 5) is 11.1. The molecule has 0 fully saturated rings. The number of fused-ring (bicyclic) bond motifs is 1. The van der Waals surface area contributed by atoms with E-state index in [9.17, 15) is 10.1 Å². The van der Waals surface area contributed by atoms with E-state index in [1.807, 2.05) is 35.9 Å². The highest BCUT2D eigenvalue weighted by molar-refractivity contribution is 7.16. The summed E-state index contributed by atoms with van der Waals surface area (Å²) in [5.74, 6) is 0. The Kier molecular flexibility index (Phi) is 3.80. The molecule has 7 heteroatoms. The zero-order valence-corrected chi connectivity index (χ0v) is 12.5. The van der Waals surface area contributed by atoms with Gasteiger partial charge >= 0.3 is 0 Å². The largest absolute Gasteiger partial charge is 0.318 e. The molecular weight excluding hydrogens is 300 g/mol. The van der Waals surface area contributed by atoms with E-state index in [0.29, 0.717) is 5.56 Å². The SMILES string of the molecule is Cn1/c(=N/N=C\c2cccc([N+](=O)[O-])c2)sc2ccccc21. The van der Waals surface area contributed by atoms with Crippen LogP contribution < -0.4 is 4.80 Å². The maximum atomic E-state index is 10.7. The third kappa shape index (κ3) is 2.79. The van der Waals surface area contributed by atoms with Crippen LogP contribution in [-0.4, -0.2) is 15.7 Å². The number of thiazole rings is 1. The van der Waals surface area contributed by atoms with Gasteiger partial charge in [0.2, 0.25) is 4.80 Å². The average Bonchev–Trinajstić information content (AvgIpc) is 2.85. The molecule has 0 amide bonds. The molecule has 110 valence electrons. The minimum atomic E-state index is -0.430. The molecule has 0 radical (unpaired) electrons. The van der Waals surface area contributed by atoms with Crippen LogP contribution in [-0.2, 0) is 7.05 Å². The first-order valence-corrected chi connectivity index (χ1v) is 7.33. The predicted octanol–water partition coefficient (Wildman–Crippen LogP) is 3.08. The van der Waals surface area contributed by atoms with E-state index in [2.05, 4.69) is 10.2 Å². The van der Waals surface area contributed by atoms with E-state index >= 15 is 0 Å². The molecule has 0 aliphatic heterocycles. The van der Waals surface area contributed by atoms with E-state index in [-0.39, 0.29) is 5.69 Å². The van der Waals surface area contributed by atoms with Gasteiger partial charge in [0.25, 0.3) is 5.69 Å². The molecule has 0 N–H and O–H groups in total. The van der Waals surface area contributed by atoms with Crippen molar-refractivity contribution in [3.05, 3.63) is 69.0 Å². The van der Waals surface area contributed by atoms with Gasteiger partial charge in [-0.3, -0.25) is 10.1 Å². The molecule has 1 heterocycles. The molecule has 0 unspecified atom stereocenters. The molecule has 6 nitrogen and oxygen atoms in total. The summed E-state index contributed by atoms with van der Waals surface area (Å²) in [5.41, 5.74) is 1.77. The first kappa shape index (κ1) is 14.2. The molecule has 0 atom stereocenters. The minimum absolute atomic E-state index is 0.0383. The van der Waals surface area contributed by atoms with Crippen molar-refractivity contribution in [1.82, 2.24) is 4.57 Å². The van der Waals surface area contributed by atoms with E-state index in [1.165, 1.54) is 18.3 Å². The standard InChI is InChI=1S/C15H12N4O2S/c1-18-13-7-2-3-8-14(13)22-15(18)17-16-10-11-5-4-6-12(9-11)19(20)21/h2-10H,1H3/b16-10-,17-15-. The van der Waals surface area contributed by atoms with Crippen molar-refractivity contribution in [3.63, 3.8) is 0 Å². The number of aryl methyl sites for hydroxylation is 1. The Morgan fingerprint density at radius 1 is 1.23 bits per heavy atom. The van der Waals surface area contributed by atoms with Crippen molar-refractivity contribution in [3.8, 4) is 0 Å². The third-order valence-corrected chi connectivity index (χ3v) is 4.25. The van der Waals surface area contributed by atoms with Crippen LogP contribution in [0, 0.1) is 10.1 Å². The normalized spacial score (nSPS) is 12.3. The van der Waals surface area contributed by atoms with E-state index in [1.54, 1.807) is 23.5 Å². The van der Waals surface area contributed by atoms with Gasteiger partial charge in [-0.15, -0.1) is 5.10 Å². The predicted molar refractivity (Wildman–Crippen MR) is 87.0 cm³/mol. The highest BCUT2D eigenvalue weighted by Crippen LogP contribution is 2.15. The summed E-state index contributed by atoms with van der Waals surface area (Å²) in [5, 5.41) is 19.0. The second-order valence-electron chi connectivity index (χ2n) is 4.61. The van der Waals surface area contributed by atoms with Gasteiger partial charge in [0.1, 0.15) is 0 Å². The van der Waals surface area contributed by atoms with Crippen LogP contribution in [0.4, 0.5) is 5.69 Å². The van der Waals surface area contributed by atoms with Crippen LogP contribution in [0.25, 0.3) is 10.2 Å². The van der Waals surface area contributed by atoms with Gasteiger partial charge in [0.15, 0.2) is 0 Å². The molecule has 0 bridgehead atoms. The van der Waals surface area contributed by atoms with Crippen LogP contribution >= 0.6 is 11.3 Å². The monoisotopic (exact) mass is 312 g/mol. The summed E-state index contributed by atoms with van der Waals surface area (Å²) >= 11 is 1.54. The number of aromatic nitrogens is 1. The molecule has 22 heavy (non-hydrogen) atoms. The highest BCUT2D eigenvalue weighted by atomic mass is 32.1. The van der Waals surface area contributed by atoms with Crippen LogP contribution in [0.1, 0.15) is 5.56 Å². The fourth-order valence-corrected chi connectivity index (χ4v) is 3.02. The number of non-ortho nitro benzene ring substituents is 1. The maximum absolute atomic E-state index is 10.7. The van der Waals surface area contributed by atoms with Crippen molar-refractivity contribution < 1.29 is 4.92 Å². The van der Waals surface area contributed by atoms with Crippen molar-refractivity contribution in [2.45, 2.75) is 0 Å². The Morgan fingerprint density at radius 2 is 2.05 bits per heavy atom. The van der Waals surface area contributed by atoms with Crippen LogP contribution in [0.5, 0.6) is 0 Å². The number of rotatable bonds is 3. The molecular formula is C15H12N4O2S. The number of hydrogen-bond donors (Lipinski definition) is 0. The van der Waals surface area contributed by atoms with E-state index in [0.717, 1.165) is 15.0 Å². The van der Waals surface area contributed by atoms with Crippen molar-refractivity contribution in [2.75, 3.05) is 0 Å². The van der Waals surface area contributed by atoms with Crippen LogP contribution in [0.2, 0.25) is 0 Å². The minimum Gasteiger partial charge on any atom is -0.318 e. The molecule has 2 aromatic carbocycles. The zero-order chi connectivity index (χ0) is 15.5. The van der Waals surface area contributed by atoms with Gasteiger partial charge in [0.05, 0.1) is 21.4 Å². The number of hydrogen-bond acceptors (Lipinski definition) is 5. The summed E-state index contributed by atoms with van der Waals surface area (Å²) in [7, 11) is 1.93. The fourth-order valence-electron chi connectivity index (χ4n) is 2.04. The lowest BCUT2D eigenvalue weighted by molar-refractivity contribution is -0.384. The highest BCUT2D eigenvalue weighted by Gasteiger charge is 2.04. The summed E-state index contributed by atoms with van der Waals surface area (Å²) in [6, 6.07) is 14.3. The lowest BCUT2D eigenvalue weighted by Crippen LogP contribution is -2.08. The topological polar surface area (TPSA) is 72.8 Å². The Hall–Kier alpha value is -2.80. The summed E-state index contributed by atoms with van der Waals surface area (Å²) in [6.07, 6.45) is 1.51. The third-order valence-electron chi connectivity index (χ3n) is 3.15. The van der Waals surface area contributed by atoms with Crippen molar-refractivity contribution in [2.24, 2.45) is 17.3 Å². The maximum Gasteiger partial charge on any atom is 0.270 e. The fraction of sp³-hybridized carbons (Fsp3) is 0.0667. The summed E-state index contributed by atoms with van der Waals surface area (Å²) in [6.45, 7) is 0. The number of nitro groups is 1. The molecule has 0 saturated carbocycles. The Bertz CT molecular complexity index is 940. The zero-order valence-electron chi connectivity index (χ0n) is 11.7. The second kappa shape index (κ2) is 5.90. The number of para-hydroxylation sites is 1. The Morgan fingerprint density at radius 3 is 2.82 bits per heavy atom. The molecule has 0 saturated heterocycles. The molecule has 0 aliphatic rings. The lowest BCUT2D eigenvalue weighted by Gasteiger charge is -1.93. The Balaban J connectivity index is 1.93. The first-order valence-electron chi connectivity index (χ1n) is 6.51. The van der Waals surface area contributed by atoms with E-state index in [4.69, 9.17) is 0 Å². The number of benzene rings is 2. The van der Waals surface area contributed by atoms with Gasteiger partial charge in [-0.05, 0) is 12.1 Å². The van der Waals surface area contributed by atoms with Crippen LogP contribution in [0.3, 0.4) is 0 Å². The van der Waals surface area contributed by atoms with Crippen molar-refractivity contribution >= 4 is 33.5 Å². The Labute approximate surface area is 129 Å². The van der Waals surface area contributed by atoms with Gasteiger partial charge in [-0.25, -0.2) is 0 Å². The summed E-state index contributed by atoms with van der Waals surface area (Å²) < 4.78 is 3.10. The molecule has 3 rings (SSSR count).